The first-order chi connectivity index (χ1) is 6.43. The standard InChI is InChI=1S/C8H11N3O3/c1-4(2)11-6(8(13)14)3-5(10-11)7(9)12/h3-4H,1-2H3,(H2,9,12)(H,13,14). The first-order valence-corrected chi connectivity index (χ1v) is 4.06. The first kappa shape index (κ1) is 10.2. The second-order valence-electron chi connectivity index (χ2n) is 3.12. The topological polar surface area (TPSA) is 98.2 Å². The minimum atomic E-state index is -1.13. The molecule has 0 bridgehead atoms. The van der Waals surface area contributed by atoms with Crippen molar-refractivity contribution in [3.05, 3.63) is 17.5 Å². The molecule has 0 aromatic carbocycles. The fourth-order valence-corrected chi connectivity index (χ4v) is 1.07. The molecule has 0 unspecified atom stereocenters. The van der Waals surface area contributed by atoms with Crippen LogP contribution in [0, 0.1) is 0 Å². The Labute approximate surface area is 80.3 Å². The number of aromatic nitrogens is 2. The number of amides is 1. The van der Waals surface area contributed by atoms with Crippen LogP contribution in [-0.4, -0.2) is 26.8 Å². The van der Waals surface area contributed by atoms with Gasteiger partial charge in [-0.1, -0.05) is 0 Å². The molecule has 1 heterocycles. The van der Waals surface area contributed by atoms with Crippen molar-refractivity contribution < 1.29 is 14.7 Å². The zero-order valence-corrected chi connectivity index (χ0v) is 7.89. The normalized spacial score (nSPS) is 10.5. The number of carboxylic acids is 1. The predicted molar refractivity (Wildman–Crippen MR) is 48.1 cm³/mol. The number of hydrogen-bond donors (Lipinski definition) is 2. The summed E-state index contributed by atoms with van der Waals surface area (Å²) in [5.41, 5.74) is 4.92. The van der Waals surface area contributed by atoms with Gasteiger partial charge in [0, 0.05) is 12.1 Å². The van der Waals surface area contributed by atoms with Crippen LogP contribution in [0.5, 0.6) is 0 Å². The van der Waals surface area contributed by atoms with E-state index in [-0.39, 0.29) is 17.4 Å². The summed E-state index contributed by atoms with van der Waals surface area (Å²) in [6.45, 7) is 3.54. The van der Waals surface area contributed by atoms with Crippen molar-refractivity contribution in [1.29, 1.82) is 0 Å². The Morgan fingerprint density at radius 1 is 1.57 bits per heavy atom. The van der Waals surface area contributed by atoms with Gasteiger partial charge in [0.05, 0.1) is 0 Å². The summed E-state index contributed by atoms with van der Waals surface area (Å²) in [5, 5.41) is 12.6. The number of nitrogens with two attached hydrogens (primary N) is 1. The van der Waals surface area contributed by atoms with Gasteiger partial charge in [-0.2, -0.15) is 5.10 Å². The lowest BCUT2D eigenvalue weighted by Gasteiger charge is -2.06. The molecule has 0 radical (unpaired) electrons. The van der Waals surface area contributed by atoms with Gasteiger partial charge in [0.1, 0.15) is 5.69 Å². The van der Waals surface area contributed by atoms with Crippen molar-refractivity contribution in [2.45, 2.75) is 19.9 Å². The molecule has 6 nitrogen and oxygen atoms in total. The fourth-order valence-electron chi connectivity index (χ4n) is 1.07. The zero-order chi connectivity index (χ0) is 10.9. The van der Waals surface area contributed by atoms with Crippen LogP contribution in [0.4, 0.5) is 0 Å². The van der Waals surface area contributed by atoms with Crippen molar-refractivity contribution in [3.8, 4) is 0 Å². The number of carboxylic acid groups (broad SMARTS) is 1. The SMILES string of the molecule is CC(C)n1nc(C(N)=O)cc1C(=O)O. The maximum atomic E-state index is 10.8. The van der Waals surface area contributed by atoms with E-state index in [4.69, 9.17) is 10.8 Å². The zero-order valence-electron chi connectivity index (χ0n) is 7.89. The second kappa shape index (κ2) is 3.49. The first-order valence-electron chi connectivity index (χ1n) is 4.06. The van der Waals surface area contributed by atoms with E-state index >= 15 is 0 Å². The Morgan fingerprint density at radius 3 is 2.43 bits per heavy atom. The van der Waals surface area contributed by atoms with Gasteiger partial charge in [0.25, 0.3) is 5.91 Å². The molecular weight excluding hydrogens is 186 g/mol. The summed E-state index contributed by atoms with van der Waals surface area (Å²) in [6, 6.07) is 1.04. The van der Waals surface area contributed by atoms with E-state index in [9.17, 15) is 9.59 Å². The molecule has 0 fully saturated rings. The molecule has 0 atom stereocenters. The quantitative estimate of drug-likeness (QED) is 0.726. The van der Waals surface area contributed by atoms with Crippen LogP contribution < -0.4 is 5.73 Å². The number of carbonyl (C=O) groups excluding carboxylic acids is 1. The van der Waals surface area contributed by atoms with Gasteiger partial charge in [0.2, 0.25) is 0 Å². The van der Waals surface area contributed by atoms with Crippen LogP contribution in [0.15, 0.2) is 6.07 Å². The average molecular weight is 197 g/mol. The maximum Gasteiger partial charge on any atom is 0.354 e. The Kier molecular flexibility index (Phi) is 2.55. The molecule has 1 amide bonds. The molecule has 76 valence electrons. The van der Waals surface area contributed by atoms with Crippen LogP contribution in [-0.2, 0) is 0 Å². The van der Waals surface area contributed by atoms with Crippen molar-refractivity contribution >= 4 is 11.9 Å². The predicted octanol–water partition coefficient (Wildman–Crippen LogP) is 0.261. The molecule has 0 saturated carbocycles. The van der Waals surface area contributed by atoms with E-state index in [2.05, 4.69) is 5.10 Å². The van der Waals surface area contributed by atoms with Crippen molar-refractivity contribution in [2.24, 2.45) is 5.73 Å². The molecule has 1 aromatic rings. The number of primary amides is 1. The van der Waals surface area contributed by atoms with E-state index in [1.807, 2.05) is 0 Å². The largest absolute Gasteiger partial charge is 0.477 e. The lowest BCUT2D eigenvalue weighted by Crippen LogP contribution is -2.14. The lowest BCUT2D eigenvalue weighted by atomic mass is 10.3. The highest BCUT2D eigenvalue weighted by Gasteiger charge is 2.18. The summed E-state index contributed by atoms with van der Waals surface area (Å²) >= 11 is 0. The van der Waals surface area contributed by atoms with Crippen LogP contribution in [0.25, 0.3) is 0 Å². The Bertz CT molecular complexity index is 381. The van der Waals surface area contributed by atoms with Gasteiger partial charge in [-0.3, -0.25) is 9.48 Å². The van der Waals surface area contributed by atoms with Crippen LogP contribution in [0.2, 0.25) is 0 Å². The van der Waals surface area contributed by atoms with E-state index in [0.717, 1.165) is 0 Å². The Balaban J connectivity index is 3.26. The van der Waals surface area contributed by atoms with Crippen molar-refractivity contribution in [3.63, 3.8) is 0 Å². The Morgan fingerprint density at radius 2 is 2.14 bits per heavy atom. The molecular formula is C8H11N3O3. The maximum absolute atomic E-state index is 10.8. The molecule has 0 spiro atoms. The molecule has 1 aromatic heterocycles. The monoisotopic (exact) mass is 197 g/mol. The van der Waals surface area contributed by atoms with Gasteiger partial charge < -0.3 is 10.8 Å². The number of carbonyl (C=O) groups is 2. The van der Waals surface area contributed by atoms with E-state index in [1.165, 1.54) is 10.7 Å². The smallest absolute Gasteiger partial charge is 0.354 e. The Hall–Kier alpha value is -1.85. The number of nitrogens with zero attached hydrogens (tertiary/aromatic N) is 2. The summed E-state index contributed by atoms with van der Waals surface area (Å²) in [5.74, 6) is -1.86. The summed E-state index contributed by atoms with van der Waals surface area (Å²) in [6.07, 6.45) is 0. The van der Waals surface area contributed by atoms with Crippen molar-refractivity contribution in [2.75, 3.05) is 0 Å². The number of rotatable bonds is 3. The molecule has 1 rings (SSSR count). The fraction of sp³-hybridized carbons (Fsp3) is 0.375. The molecule has 0 saturated heterocycles. The molecule has 0 aliphatic carbocycles. The summed E-state index contributed by atoms with van der Waals surface area (Å²) in [7, 11) is 0. The lowest BCUT2D eigenvalue weighted by molar-refractivity contribution is 0.0681. The van der Waals surface area contributed by atoms with Gasteiger partial charge in [-0.25, -0.2) is 4.79 Å². The summed E-state index contributed by atoms with van der Waals surface area (Å²) in [4.78, 5) is 21.5. The third-order valence-electron chi connectivity index (χ3n) is 1.70. The molecule has 14 heavy (non-hydrogen) atoms. The van der Waals surface area contributed by atoms with E-state index in [0.29, 0.717) is 0 Å². The number of hydrogen-bond acceptors (Lipinski definition) is 3. The summed E-state index contributed by atoms with van der Waals surface area (Å²) < 4.78 is 1.25. The highest BCUT2D eigenvalue weighted by Crippen LogP contribution is 2.10. The van der Waals surface area contributed by atoms with Crippen molar-refractivity contribution in [1.82, 2.24) is 9.78 Å². The van der Waals surface area contributed by atoms with Gasteiger partial charge in [0.15, 0.2) is 5.69 Å². The second-order valence-corrected chi connectivity index (χ2v) is 3.12. The van der Waals surface area contributed by atoms with Gasteiger partial charge in [-0.15, -0.1) is 0 Å². The van der Waals surface area contributed by atoms with Crippen LogP contribution in [0.1, 0.15) is 40.9 Å². The minimum Gasteiger partial charge on any atom is -0.477 e. The molecule has 3 N–H and O–H groups in total. The highest BCUT2D eigenvalue weighted by molar-refractivity contribution is 5.94. The van der Waals surface area contributed by atoms with E-state index < -0.39 is 11.9 Å². The highest BCUT2D eigenvalue weighted by atomic mass is 16.4. The minimum absolute atomic E-state index is 0.0314. The van der Waals surface area contributed by atoms with Crippen LogP contribution in [0.3, 0.4) is 0 Å². The third-order valence-corrected chi connectivity index (χ3v) is 1.70. The number of aromatic carboxylic acids is 1. The third kappa shape index (κ3) is 1.73. The van der Waals surface area contributed by atoms with E-state index in [1.54, 1.807) is 13.8 Å². The molecule has 6 heteroatoms. The molecule has 0 aliphatic rings. The average Bonchev–Trinajstić information content (AvgIpc) is 2.47. The van der Waals surface area contributed by atoms with Gasteiger partial charge >= 0.3 is 5.97 Å². The van der Waals surface area contributed by atoms with Gasteiger partial charge in [-0.05, 0) is 13.8 Å². The van der Waals surface area contributed by atoms with Crippen LogP contribution >= 0.6 is 0 Å². The molecule has 0 aliphatic heterocycles.